The second kappa shape index (κ2) is 4.97. The monoisotopic (exact) mass is 271 g/mol. The van der Waals surface area contributed by atoms with Gasteiger partial charge in [0.1, 0.15) is 0 Å². The van der Waals surface area contributed by atoms with Crippen LogP contribution in [0, 0.1) is 5.82 Å². The van der Waals surface area contributed by atoms with Crippen molar-refractivity contribution >= 4 is 21.6 Å². The molecule has 1 N–H and O–H groups in total. The Morgan fingerprint density at radius 3 is 2.67 bits per heavy atom. The lowest BCUT2D eigenvalue weighted by molar-refractivity contribution is 0.460. The van der Waals surface area contributed by atoms with Crippen LogP contribution in [0.3, 0.4) is 0 Å². The quantitative estimate of drug-likeness (QED) is 0.844. The summed E-state index contributed by atoms with van der Waals surface area (Å²) in [6, 6.07) is 5.83. The van der Waals surface area contributed by atoms with Crippen molar-refractivity contribution in [2.24, 2.45) is 0 Å². The van der Waals surface area contributed by atoms with Crippen LogP contribution < -0.4 is 5.32 Å². The summed E-state index contributed by atoms with van der Waals surface area (Å²) in [5.74, 6) is -0.178. The minimum Gasteiger partial charge on any atom is -0.380 e. The third-order valence-electron chi connectivity index (χ3n) is 2.92. The molecule has 82 valence electrons. The van der Waals surface area contributed by atoms with Crippen molar-refractivity contribution in [3.63, 3.8) is 0 Å². The van der Waals surface area contributed by atoms with E-state index in [-0.39, 0.29) is 5.82 Å². The maximum Gasteiger partial charge on any atom is 0.160 e. The minimum absolute atomic E-state index is 0.178. The van der Waals surface area contributed by atoms with Crippen LogP contribution in [0.5, 0.6) is 0 Å². The molecule has 0 saturated heterocycles. The Morgan fingerprint density at radius 2 is 1.93 bits per heavy atom. The number of benzene rings is 1. The van der Waals surface area contributed by atoms with Crippen LogP contribution in [0.4, 0.5) is 10.1 Å². The number of hydrogen-bond donors (Lipinski definition) is 1. The number of rotatable bonds is 2. The van der Waals surface area contributed by atoms with Crippen molar-refractivity contribution in [3.8, 4) is 0 Å². The molecule has 0 atom stereocenters. The molecule has 1 aliphatic carbocycles. The summed E-state index contributed by atoms with van der Waals surface area (Å²) in [4.78, 5) is 0. The summed E-state index contributed by atoms with van der Waals surface area (Å²) in [7, 11) is 0. The molecule has 1 saturated carbocycles. The second-order valence-electron chi connectivity index (χ2n) is 4.08. The molecule has 0 amide bonds. The Kier molecular flexibility index (Phi) is 3.62. The van der Waals surface area contributed by atoms with E-state index in [0.29, 0.717) is 16.2 Å². The van der Waals surface area contributed by atoms with Gasteiger partial charge in [0, 0.05) is 6.04 Å². The maximum absolute atomic E-state index is 13.6. The second-order valence-corrected chi connectivity index (χ2v) is 4.93. The molecule has 0 spiro atoms. The first-order valence-electron chi connectivity index (χ1n) is 5.48. The zero-order valence-corrected chi connectivity index (χ0v) is 10.2. The molecule has 0 radical (unpaired) electrons. The van der Waals surface area contributed by atoms with Crippen LogP contribution in [0.25, 0.3) is 0 Å². The Morgan fingerprint density at radius 1 is 1.20 bits per heavy atom. The van der Waals surface area contributed by atoms with Gasteiger partial charge in [0.05, 0.1) is 10.2 Å². The molecule has 0 unspecified atom stereocenters. The van der Waals surface area contributed by atoms with Crippen molar-refractivity contribution < 1.29 is 4.39 Å². The first kappa shape index (κ1) is 10.9. The van der Waals surface area contributed by atoms with Crippen LogP contribution in [-0.4, -0.2) is 6.04 Å². The Hall–Kier alpha value is -0.570. The first-order valence-corrected chi connectivity index (χ1v) is 6.27. The summed E-state index contributed by atoms with van der Waals surface area (Å²) < 4.78 is 14.2. The van der Waals surface area contributed by atoms with Crippen LogP contribution in [0.2, 0.25) is 0 Å². The van der Waals surface area contributed by atoms with Gasteiger partial charge in [0.25, 0.3) is 0 Å². The van der Waals surface area contributed by atoms with Gasteiger partial charge in [-0.2, -0.15) is 0 Å². The zero-order chi connectivity index (χ0) is 10.7. The number of hydrogen-bond acceptors (Lipinski definition) is 1. The molecular weight excluding hydrogens is 257 g/mol. The lowest BCUT2D eigenvalue weighted by atomic mass is 9.95. The van der Waals surface area contributed by atoms with Gasteiger partial charge in [-0.05, 0) is 40.9 Å². The van der Waals surface area contributed by atoms with Crippen molar-refractivity contribution in [2.45, 2.75) is 38.1 Å². The van der Waals surface area contributed by atoms with Crippen LogP contribution >= 0.6 is 15.9 Å². The van der Waals surface area contributed by atoms with E-state index in [4.69, 9.17) is 0 Å². The highest BCUT2D eigenvalue weighted by atomic mass is 79.9. The lowest BCUT2D eigenvalue weighted by Crippen LogP contribution is -2.22. The molecule has 1 aromatic rings. The fraction of sp³-hybridized carbons (Fsp3) is 0.500. The molecule has 0 aliphatic heterocycles. The van der Waals surface area contributed by atoms with Crippen molar-refractivity contribution in [2.75, 3.05) is 5.32 Å². The van der Waals surface area contributed by atoms with Crippen molar-refractivity contribution in [3.05, 3.63) is 28.5 Å². The van der Waals surface area contributed by atoms with Gasteiger partial charge in [-0.3, -0.25) is 0 Å². The van der Waals surface area contributed by atoms with Gasteiger partial charge in [-0.25, -0.2) is 4.39 Å². The van der Waals surface area contributed by atoms with Crippen LogP contribution in [0.15, 0.2) is 22.7 Å². The van der Waals surface area contributed by atoms with Gasteiger partial charge >= 0.3 is 0 Å². The summed E-state index contributed by atoms with van der Waals surface area (Å²) in [6.45, 7) is 0. The predicted octanol–water partition coefficient (Wildman–Crippen LogP) is 4.33. The van der Waals surface area contributed by atoms with Gasteiger partial charge < -0.3 is 5.32 Å². The molecule has 0 heterocycles. The third kappa shape index (κ3) is 2.71. The first-order chi connectivity index (χ1) is 7.27. The molecule has 3 heteroatoms. The fourth-order valence-corrected chi connectivity index (χ4v) is 2.45. The predicted molar refractivity (Wildman–Crippen MR) is 64.6 cm³/mol. The molecule has 2 rings (SSSR count). The number of anilines is 1. The summed E-state index contributed by atoms with van der Waals surface area (Å²) in [5.41, 5.74) is 0.622. The Labute approximate surface area is 98.2 Å². The van der Waals surface area contributed by atoms with E-state index in [1.54, 1.807) is 12.1 Å². The van der Waals surface area contributed by atoms with Crippen LogP contribution in [0.1, 0.15) is 32.1 Å². The molecule has 1 nitrogen and oxygen atoms in total. The van der Waals surface area contributed by atoms with Crippen molar-refractivity contribution in [1.82, 2.24) is 0 Å². The average molecular weight is 272 g/mol. The highest BCUT2D eigenvalue weighted by molar-refractivity contribution is 9.10. The summed E-state index contributed by atoms with van der Waals surface area (Å²) in [5, 5.41) is 3.28. The minimum atomic E-state index is -0.178. The fourth-order valence-electron chi connectivity index (χ4n) is 2.08. The molecule has 0 bridgehead atoms. The van der Waals surface area contributed by atoms with Gasteiger partial charge in [0.2, 0.25) is 0 Å². The summed E-state index contributed by atoms with van der Waals surface area (Å²) >= 11 is 3.20. The van der Waals surface area contributed by atoms with E-state index in [9.17, 15) is 4.39 Å². The van der Waals surface area contributed by atoms with Gasteiger partial charge in [-0.15, -0.1) is 0 Å². The standard InChI is InChI=1S/C12H15BrFN/c13-10-7-4-8-11(12(10)14)15-9-5-2-1-3-6-9/h4,7-9,15H,1-3,5-6H2. The highest BCUT2D eigenvalue weighted by Gasteiger charge is 2.15. The summed E-state index contributed by atoms with van der Waals surface area (Å²) in [6.07, 6.45) is 6.15. The Bertz CT molecular complexity index is 334. The number of halogens is 2. The Balaban J connectivity index is 2.06. The largest absolute Gasteiger partial charge is 0.380 e. The van der Waals surface area contributed by atoms with Crippen LogP contribution in [-0.2, 0) is 0 Å². The average Bonchev–Trinajstić information content (AvgIpc) is 2.26. The number of nitrogens with one attached hydrogen (secondary N) is 1. The van der Waals surface area contributed by atoms with Gasteiger partial charge in [0.15, 0.2) is 5.82 Å². The third-order valence-corrected chi connectivity index (χ3v) is 3.53. The molecular formula is C12H15BrFN. The molecule has 1 aromatic carbocycles. The van der Waals surface area contributed by atoms with Gasteiger partial charge in [-0.1, -0.05) is 25.3 Å². The zero-order valence-electron chi connectivity index (χ0n) is 8.60. The van der Waals surface area contributed by atoms with E-state index in [2.05, 4.69) is 21.2 Å². The van der Waals surface area contributed by atoms with E-state index in [1.165, 1.54) is 19.3 Å². The smallest absolute Gasteiger partial charge is 0.160 e. The van der Waals surface area contributed by atoms with E-state index >= 15 is 0 Å². The molecule has 15 heavy (non-hydrogen) atoms. The molecule has 1 fully saturated rings. The topological polar surface area (TPSA) is 12.0 Å². The normalized spacial score (nSPS) is 17.7. The highest BCUT2D eigenvalue weighted by Crippen LogP contribution is 2.26. The van der Waals surface area contributed by atoms with E-state index in [1.807, 2.05) is 6.07 Å². The lowest BCUT2D eigenvalue weighted by Gasteiger charge is -2.24. The SMILES string of the molecule is Fc1c(Br)cccc1NC1CCCCC1. The van der Waals surface area contributed by atoms with Crippen molar-refractivity contribution in [1.29, 1.82) is 0 Å². The maximum atomic E-state index is 13.6. The van der Waals surface area contributed by atoms with E-state index < -0.39 is 0 Å². The molecule has 1 aliphatic rings. The molecule has 0 aromatic heterocycles. The van der Waals surface area contributed by atoms with E-state index in [0.717, 1.165) is 12.8 Å².